The molecule has 0 bridgehead atoms. The van der Waals surface area contributed by atoms with Gasteiger partial charge in [-0.15, -0.1) is 0 Å². The molecule has 0 saturated carbocycles. The van der Waals surface area contributed by atoms with Gasteiger partial charge in [0.1, 0.15) is 0 Å². The Bertz CT molecular complexity index is 187. The molecule has 0 aliphatic carbocycles. The van der Waals surface area contributed by atoms with Gasteiger partial charge in [0.05, 0.1) is 5.70 Å². The number of likely N-dealkylation sites (N-methyl/N-ethyl adjacent to an activating group) is 1. The van der Waals surface area contributed by atoms with Crippen LogP contribution in [0.3, 0.4) is 0 Å². The Morgan fingerprint density at radius 1 is 1.42 bits per heavy atom. The molecule has 0 rings (SSSR count). The van der Waals surface area contributed by atoms with Crippen molar-refractivity contribution < 1.29 is 4.79 Å². The molecule has 0 aliphatic rings. The fourth-order valence-corrected chi connectivity index (χ4v) is 0.908. The van der Waals surface area contributed by atoms with Gasteiger partial charge in [0.25, 0.3) is 0 Å². The van der Waals surface area contributed by atoms with Crippen LogP contribution in [0, 0.1) is 5.41 Å². The molecule has 0 spiro atoms. The van der Waals surface area contributed by atoms with Crippen molar-refractivity contribution in [3.8, 4) is 0 Å². The SMILES string of the molecule is C/C=C(/NCC)C(=O)C(C)(C)C. The van der Waals surface area contributed by atoms with Gasteiger partial charge in [0.15, 0.2) is 5.78 Å². The molecular formula is C10H19NO. The van der Waals surface area contributed by atoms with Crippen LogP contribution in [0.15, 0.2) is 11.8 Å². The third-order valence-corrected chi connectivity index (χ3v) is 1.58. The van der Waals surface area contributed by atoms with Gasteiger partial charge < -0.3 is 5.32 Å². The van der Waals surface area contributed by atoms with E-state index in [0.717, 1.165) is 12.2 Å². The molecule has 70 valence electrons. The standard InChI is InChI=1S/C10H19NO/c1-6-8(11-7-2)9(12)10(3,4)5/h6,11H,7H2,1-5H3/b8-6+. The number of carbonyl (C=O) groups excluding carboxylic acids is 1. The first kappa shape index (κ1) is 11.2. The lowest BCUT2D eigenvalue weighted by atomic mass is 9.89. The predicted molar refractivity (Wildman–Crippen MR) is 51.9 cm³/mol. The van der Waals surface area contributed by atoms with Gasteiger partial charge in [-0.2, -0.15) is 0 Å². The number of hydrogen-bond acceptors (Lipinski definition) is 2. The predicted octanol–water partition coefficient (Wildman–Crippen LogP) is 2.11. The largest absolute Gasteiger partial charge is 0.383 e. The van der Waals surface area contributed by atoms with E-state index in [1.165, 1.54) is 0 Å². The molecule has 0 aromatic rings. The smallest absolute Gasteiger partial charge is 0.183 e. The van der Waals surface area contributed by atoms with Crippen LogP contribution in [0.2, 0.25) is 0 Å². The Kier molecular flexibility index (Phi) is 4.01. The molecule has 0 atom stereocenters. The van der Waals surface area contributed by atoms with Crippen LogP contribution in [0.5, 0.6) is 0 Å². The third kappa shape index (κ3) is 3.07. The van der Waals surface area contributed by atoms with Crippen LogP contribution in [0.4, 0.5) is 0 Å². The summed E-state index contributed by atoms with van der Waals surface area (Å²) in [5.74, 6) is 0.173. The molecule has 0 aliphatic heterocycles. The summed E-state index contributed by atoms with van der Waals surface area (Å²) in [6, 6.07) is 0. The zero-order valence-corrected chi connectivity index (χ0v) is 8.69. The molecule has 0 aromatic carbocycles. The highest BCUT2D eigenvalue weighted by Crippen LogP contribution is 2.18. The summed E-state index contributed by atoms with van der Waals surface area (Å²) in [6.45, 7) is 10.4. The first-order valence-electron chi connectivity index (χ1n) is 4.38. The van der Waals surface area contributed by atoms with E-state index in [-0.39, 0.29) is 11.2 Å². The number of hydrogen-bond donors (Lipinski definition) is 1. The van der Waals surface area contributed by atoms with Crippen LogP contribution < -0.4 is 5.32 Å². The van der Waals surface area contributed by atoms with Crippen molar-refractivity contribution in [2.75, 3.05) is 6.54 Å². The first-order valence-corrected chi connectivity index (χ1v) is 4.38. The van der Waals surface area contributed by atoms with E-state index in [4.69, 9.17) is 0 Å². The van der Waals surface area contributed by atoms with E-state index in [0.29, 0.717) is 0 Å². The highest BCUT2D eigenvalue weighted by molar-refractivity contribution is 5.98. The number of Topliss-reactive ketones (excluding diaryl/α,β-unsaturated/α-hetero) is 1. The van der Waals surface area contributed by atoms with Gasteiger partial charge in [-0.3, -0.25) is 4.79 Å². The van der Waals surface area contributed by atoms with E-state index in [1.54, 1.807) is 0 Å². The molecule has 1 N–H and O–H groups in total. The van der Waals surface area contributed by atoms with E-state index in [2.05, 4.69) is 5.32 Å². The summed E-state index contributed by atoms with van der Waals surface area (Å²) in [7, 11) is 0. The number of allylic oxidation sites excluding steroid dienone is 2. The van der Waals surface area contributed by atoms with E-state index in [9.17, 15) is 4.79 Å². The van der Waals surface area contributed by atoms with Crippen molar-refractivity contribution in [3.05, 3.63) is 11.8 Å². The topological polar surface area (TPSA) is 29.1 Å². The van der Waals surface area contributed by atoms with Crippen LogP contribution in [-0.2, 0) is 4.79 Å². The monoisotopic (exact) mass is 169 g/mol. The summed E-state index contributed by atoms with van der Waals surface area (Å²) in [4.78, 5) is 11.7. The van der Waals surface area contributed by atoms with E-state index in [1.807, 2.05) is 40.7 Å². The lowest BCUT2D eigenvalue weighted by Crippen LogP contribution is -2.29. The molecular weight excluding hydrogens is 150 g/mol. The van der Waals surface area contributed by atoms with Gasteiger partial charge in [0, 0.05) is 12.0 Å². The van der Waals surface area contributed by atoms with Crippen molar-refractivity contribution in [1.82, 2.24) is 5.32 Å². The fourth-order valence-electron chi connectivity index (χ4n) is 0.908. The second-order valence-electron chi connectivity index (χ2n) is 3.81. The summed E-state index contributed by atoms with van der Waals surface area (Å²) >= 11 is 0. The second-order valence-corrected chi connectivity index (χ2v) is 3.81. The normalized spacial score (nSPS) is 12.9. The maximum absolute atomic E-state index is 11.7. The number of carbonyl (C=O) groups is 1. The lowest BCUT2D eigenvalue weighted by molar-refractivity contribution is -0.122. The van der Waals surface area contributed by atoms with Gasteiger partial charge in [-0.1, -0.05) is 26.8 Å². The first-order chi connectivity index (χ1) is 5.43. The molecule has 0 amide bonds. The molecule has 0 fully saturated rings. The van der Waals surface area contributed by atoms with Crippen LogP contribution >= 0.6 is 0 Å². The second kappa shape index (κ2) is 4.29. The summed E-state index contributed by atoms with van der Waals surface area (Å²) in [6.07, 6.45) is 1.83. The Morgan fingerprint density at radius 3 is 2.17 bits per heavy atom. The van der Waals surface area contributed by atoms with Crippen LogP contribution in [0.1, 0.15) is 34.6 Å². The Hall–Kier alpha value is -0.790. The Balaban J connectivity index is 4.45. The average Bonchev–Trinajstić information content (AvgIpc) is 1.97. The minimum absolute atomic E-state index is 0.173. The van der Waals surface area contributed by atoms with Gasteiger partial charge in [-0.05, 0) is 13.8 Å². The maximum atomic E-state index is 11.7. The number of ketones is 1. The quantitative estimate of drug-likeness (QED) is 0.656. The van der Waals surface area contributed by atoms with Gasteiger partial charge in [0.2, 0.25) is 0 Å². The summed E-state index contributed by atoms with van der Waals surface area (Å²) in [5, 5.41) is 3.05. The van der Waals surface area contributed by atoms with Crippen molar-refractivity contribution in [2.45, 2.75) is 34.6 Å². The molecule has 0 saturated heterocycles. The van der Waals surface area contributed by atoms with Crippen molar-refractivity contribution >= 4 is 5.78 Å². The highest BCUT2D eigenvalue weighted by atomic mass is 16.1. The van der Waals surface area contributed by atoms with Crippen molar-refractivity contribution in [2.24, 2.45) is 5.41 Å². The Morgan fingerprint density at radius 2 is 1.92 bits per heavy atom. The summed E-state index contributed by atoms with van der Waals surface area (Å²) < 4.78 is 0. The number of rotatable bonds is 3. The van der Waals surface area contributed by atoms with Gasteiger partial charge >= 0.3 is 0 Å². The molecule has 2 nitrogen and oxygen atoms in total. The molecule has 12 heavy (non-hydrogen) atoms. The fraction of sp³-hybridized carbons (Fsp3) is 0.700. The zero-order valence-electron chi connectivity index (χ0n) is 8.69. The zero-order chi connectivity index (χ0) is 9.78. The minimum atomic E-state index is -0.288. The molecule has 0 heterocycles. The van der Waals surface area contributed by atoms with Crippen molar-refractivity contribution in [3.63, 3.8) is 0 Å². The van der Waals surface area contributed by atoms with Gasteiger partial charge in [-0.25, -0.2) is 0 Å². The minimum Gasteiger partial charge on any atom is -0.383 e. The van der Waals surface area contributed by atoms with Crippen LogP contribution in [0.25, 0.3) is 0 Å². The molecule has 0 unspecified atom stereocenters. The summed E-state index contributed by atoms with van der Waals surface area (Å²) in [5.41, 5.74) is 0.439. The van der Waals surface area contributed by atoms with Crippen LogP contribution in [-0.4, -0.2) is 12.3 Å². The number of nitrogens with one attached hydrogen (secondary N) is 1. The molecule has 0 aromatic heterocycles. The lowest BCUT2D eigenvalue weighted by Gasteiger charge is -2.19. The average molecular weight is 169 g/mol. The van der Waals surface area contributed by atoms with Crippen molar-refractivity contribution in [1.29, 1.82) is 0 Å². The molecule has 0 radical (unpaired) electrons. The molecule has 2 heteroatoms. The maximum Gasteiger partial charge on any atom is 0.183 e. The Labute approximate surface area is 75.0 Å². The van der Waals surface area contributed by atoms with E-state index >= 15 is 0 Å². The third-order valence-electron chi connectivity index (χ3n) is 1.58. The van der Waals surface area contributed by atoms with E-state index < -0.39 is 0 Å². The highest BCUT2D eigenvalue weighted by Gasteiger charge is 2.23.